The average Bonchev–Trinajstić information content (AvgIpc) is 2.49. The average molecular weight is 319 g/mol. The fourth-order valence-corrected chi connectivity index (χ4v) is 2.04. The Balaban J connectivity index is 0.000000295. The van der Waals surface area contributed by atoms with Crippen LogP contribution < -0.4 is 10.6 Å². The molecular formula is C14H20F3N3O2. The summed E-state index contributed by atoms with van der Waals surface area (Å²) in [4.78, 5) is 13.1. The molecule has 0 unspecified atom stereocenters. The van der Waals surface area contributed by atoms with Crippen LogP contribution in [0, 0.1) is 5.92 Å². The van der Waals surface area contributed by atoms with Crippen molar-refractivity contribution in [1.82, 2.24) is 10.3 Å². The van der Waals surface area contributed by atoms with Gasteiger partial charge in [0.05, 0.1) is 0 Å². The minimum Gasteiger partial charge on any atom is -0.475 e. The van der Waals surface area contributed by atoms with Gasteiger partial charge >= 0.3 is 12.1 Å². The Kier molecular flexibility index (Phi) is 7.65. The number of piperidine rings is 1. The van der Waals surface area contributed by atoms with E-state index in [9.17, 15) is 13.2 Å². The number of nitrogens with one attached hydrogen (secondary N) is 2. The van der Waals surface area contributed by atoms with Gasteiger partial charge < -0.3 is 15.7 Å². The quantitative estimate of drug-likeness (QED) is 0.795. The predicted octanol–water partition coefficient (Wildman–Crippen LogP) is 2.52. The largest absolute Gasteiger partial charge is 0.490 e. The summed E-state index contributed by atoms with van der Waals surface area (Å²) in [5.74, 6) is -0.874. The first-order chi connectivity index (χ1) is 10.4. The molecule has 3 N–H and O–H groups in total. The van der Waals surface area contributed by atoms with Crippen molar-refractivity contribution in [2.75, 3.05) is 25.0 Å². The number of aromatic nitrogens is 1. The lowest BCUT2D eigenvalue weighted by Gasteiger charge is -2.22. The van der Waals surface area contributed by atoms with E-state index < -0.39 is 12.1 Å². The number of halogens is 3. The second kappa shape index (κ2) is 9.24. The molecule has 1 aliphatic heterocycles. The Hall–Kier alpha value is -1.83. The number of hydrogen-bond donors (Lipinski definition) is 3. The van der Waals surface area contributed by atoms with E-state index in [1.165, 1.54) is 32.4 Å². The van der Waals surface area contributed by atoms with Crippen LogP contribution in [0.3, 0.4) is 0 Å². The van der Waals surface area contributed by atoms with Gasteiger partial charge in [-0.15, -0.1) is 0 Å². The van der Waals surface area contributed by atoms with Gasteiger partial charge in [0.15, 0.2) is 0 Å². The molecule has 1 aromatic rings. The first-order valence-electron chi connectivity index (χ1n) is 7.05. The smallest absolute Gasteiger partial charge is 0.475 e. The third kappa shape index (κ3) is 7.82. The number of anilines is 1. The highest BCUT2D eigenvalue weighted by Gasteiger charge is 2.38. The number of nitrogens with zero attached hydrogens (tertiary/aromatic N) is 1. The number of carbonyl (C=O) groups is 1. The first kappa shape index (κ1) is 18.2. The summed E-state index contributed by atoms with van der Waals surface area (Å²) in [6.45, 7) is 3.42. The minimum atomic E-state index is -5.08. The van der Waals surface area contributed by atoms with Gasteiger partial charge in [-0.3, -0.25) is 0 Å². The van der Waals surface area contributed by atoms with E-state index in [-0.39, 0.29) is 0 Å². The summed E-state index contributed by atoms with van der Waals surface area (Å²) in [6, 6.07) is 5.97. The van der Waals surface area contributed by atoms with Crippen molar-refractivity contribution < 1.29 is 23.1 Å². The van der Waals surface area contributed by atoms with Gasteiger partial charge in [0.1, 0.15) is 5.82 Å². The molecule has 0 spiro atoms. The Bertz CT molecular complexity index is 435. The normalized spacial score (nSPS) is 15.6. The van der Waals surface area contributed by atoms with E-state index in [0.717, 1.165) is 18.3 Å². The number of alkyl halides is 3. The van der Waals surface area contributed by atoms with Crippen molar-refractivity contribution in [3.05, 3.63) is 24.4 Å². The molecule has 1 fully saturated rings. The lowest BCUT2D eigenvalue weighted by atomic mass is 9.95. The molecule has 2 rings (SSSR count). The van der Waals surface area contributed by atoms with Crippen LogP contribution in [0.25, 0.3) is 0 Å². The van der Waals surface area contributed by atoms with Gasteiger partial charge in [-0.2, -0.15) is 13.2 Å². The molecule has 22 heavy (non-hydrogen) atoms. The van der Waals surface area contributed by atoms with E-state index in [4.69, 9.17) is 9.90 Å². The zero-order valence-electron chi connectivity index (χ0n) is 12.1. The van der Waals surface area contributed by atoms with Gasteiger partial charge in [-0.05, 0) is 50.4 Å². The maximum Gasteiger partial charge on any atom is 0.490 e. The number of pyridine rings is 1. The molecule has 1 aliphatic rings. The fraction of sp³-hybridized carbons (Fsp3) is 0.571. The topological polar surface area (TPSA) is 74.2 Å². The van der Waals surface area contributed by atoms with Crippen molar-refractivity contribution in [1.29, 1.82) is 0 Å². The number of carboxylic acids is 1. The molecule has 1 saturated heterocycles. The summed E-state index contributed by atoms with van der Waals surface area (Å²) in [5, 5.41) is 13.9. The van der Waals surface area contributed by atoms with Crippen molar-refractivity contribution >= 4 is 11.8 Å². The highest BCUT2D eigenvalue weighted by Crippen LogP contribution is 2.15. The highest BCUT2D eigenvalue weighted by atomic mass is 19.4. The molecule has 0 saturated carbocycles. The van der Waals surface area contributed by atoms with Crippen LogP contribution in [0.1, 0.15) is 19.3 Å². The molecule has 0 atom stereocenters. The lowest BCUT2D eigenvalue weighted by molar-refractivity contribution is -0.192. The summed E-state index contributed by atoms with van der Waals surface area (Å²) >= 11 is 0. The zero-order valence-corrected chi connectivity index (χ0v) is 12.1. The van der Waals surface area contributed by atoms with Crippen LogP contribution in [0.4, 0.5) is 19.0 Å². The standard InChI is InChI=1S/C12H19N3.C2HF3O2/c1-2-7-14-12(3-1)15-10-6-11-4-8-13-9-5-11;3-2(4,5)1(6)7/h1-3,7,11,13H,4-6,8-10H2,(H,14,15);(H,6,7). The molecular weight excluding hydrogens is 299 g/mol. The molecule has 5 nitrogen and oxygen atoms in total. The SMILES string of the molecule is O=C(O)C(F)(F)F.c1ccc(NCCC2CCNCC2)nc1. The minimum absolute atomic E-state index is 0.891. The van der Waals surface area contributed by atoms with Crippen LogP contribution >= 0.6 is 0 Å². The highest BCUT2D eigenvalue weighted by molar-refractivity contribution is 5.73. The Morgan fingerprint density at radius 1 is 1.36 bits per heavy atom. The third-order valence-corrected chi connectivity index (χ3v) is 3.22. The lowest BCUT2D eigenvalue weighted by Crippen LogP contribution is -2.28. The molecule has 0 radical (unpaired) electrons. The van der Waals surface area contributed by atoms with Gasteiger partial charge in [-0.1, -0.05) is 6.07 Å². The Morgan fingerprint density at radius 3 is 2.50 bits per heavy atom. The predicted molar refractivity (Wildman–Crippen MR) is 76.6 cm³/mol. The summed E-state index contributed by atoms with van der Waals surface area (Å²) in [5.41, 5.74) is 0. The molecule has 8 heteroatoms. The number of hydrogen-bond acceptors (Lipinski definition) is 4. The van der Waals surface area contributed by atoms with Gasteiger partial charge in [0.25, 0.3) is 0 Å². The zero-order chi connectivity index (χ0) is 16.4. The van der Waals surface area contributed by atoms with E-state index in [0.29, 0.717) is 0 Å². The number of carboxylic acid groups (broad SMARTS) is 1. The van der Waals surface area contributed by atoms with E-state index >= 15 is 0 Å². The maximum absolute atomic E-state index is 10.6. The summed E-state index contributed by atoms with van der Waals surface area (Å²) in [6.07, 6.45) is 0.652. The fourth-order valence-electron chi connectivity index (χ4n) is 2.04. The Labute approximate surface area is 126 Å². The second-order valence-electron chi connectivity index (χ2n) is 4.93. The third-order valence-electron chi connectivity index (χ3n) is 3.22. The number of aliphatic carboxylic acids is 1. The summed E-state index contributed by atoms with van der Waals surface area (Å²) < 4.78 is 31.7. The van der Waals surface area contributed by atoms with Gasteiger partial charge in [0, 0.05) is 12.7 Å². The van der Waals surface area contributed by atoms with Crippen molar-refractivity contribution in [3.8, 4) is 0 Å². The number of rotatable bonds is 4. The van der Waals surface area contributed by atoms with Crippen LogP contribution in [0.15, 0.2) is 24.4 Å². The van der Waals surface area contributed by atoms with Crippen molar-refractivity contribution in [2.45, 2.75) is 25.4 Å². The molecule has 2 heterocycles. The molecule has 1 aromatic heterocycles. The van der Waals surface area contributed by atoms with Crippen LogP contribution in [-0.4, -0.2) is 41.9 Å². The van der Waals surface area contributed by atoms with Crippen LogP contribution in [0.5, 0.6) is 0 Å². The van der Waals surface area contributed by atoms with Crippen molar-refractivity contribution in [2.24, 2.45) is 5.92 Å². The second-order valence-corrected chi connectivity index (χ2v) is 4.93. The Morgan fingerprint density at radius 2 is 2.00 bits per heavy atom. The first-order valence-corrected chi connectivity index (χ1v) is 7.05. The molecule has 0 amide bonds. The van der Waals surface area contributed by atoms with Gasteiger partial charge in [-0.25, -0.2) is 9.78 Å². The van der Waals surface area contributed by atoms with E-state index in [1.54, 1.807) is 0 Å². The summed E-state index contributed by atoms with van der Waals surface area (Å²) in [7, 11) is 0. The van der Waals surface area contributed by atoms with E-state index in [1.807, 2.05) is 24.4 Å². The molecule has 124 valence electrons. The molecule has 0 aliphatic carbocycles. The molecule has 0 aromatic carbocycles. The van der Waals surface area contributed by atoms with Crippen molar-refractivity contribution in [3.63, 3.8) is 0 Å². The van der Waals surface area contributed by atoms with Crippen LogP contribution in [-0.2, 0) is 4.79 Å². The molecule has 0 bridgehead atoms. The van der Waals surface area contributed by atoms with Gasteiger partial charge in [0.2, 0.25) is 0 Å². The van der Waals surface area contributed by atoms with E-state index in [2.05, 4.69) is 15.6 Å². The van der Waals surface area contributed by atoms with Crippen LogP contribution in [0.2, 0.25) is 0 Å². The maximum atomic E-state index is 10.6. The monoisotopic (exact) mass is 319 g/mol.